The van der Waals surface area contributed by atoms with Gasteiger partial charge in [0.25, 0.3) is 5.91 Å². The number of carbonyl (C=O) groups is 1. The van der Waals surface area contributed by atoms with Gasteiger partial charge in [-0.1, -0.05) is 6.07 Å². The Hall–Kier alpha value is -1.79. The zero-order valence-corrected chi connectivity index (χ0v) is 15.7. The van der Waals surface area contributed by atoms with Crippen molar-refractivity contribution < 1.29 is 14.3 Å². The Morgan fingerprint density at radius 1 is 1.20 bits per heavy atom. The highest BCUT2D eigenvalue weighted by Crippen LogP contribution is 2.28. The van der Waals surface area contributed by atoms with Gasteiger partial charge in [-0.2, -0.15) is 0 Å². The molecule has 6 nitrogen and oxygen atoms in total. The number of amides is 1. The molecule has 1 fully saturated rings. The van der Waals surface area contributed by atoms with E-state index in [0.717, 1.165) is 51.1 Å². The van der Waals surface area contributed by atoms with Crippen LogP contribution < -0.4 is 14.8 Å². The maximum atomic E-state index is 12.2. The summed E-state index contributed by atoms with van der Waals surface area (Å²) in [4.78, 5) is 16.2. The van der Waals surface area contributed by atoms with Gasteiger partial charge >= 0.3 is 0 Å². The highest BCUT2D eigenvalue weighted by Gasteiger charge is 2.17. The highest BCUT2D eigenvalue weighted by atomic mass is 16.5. The zero-order valence-electron chi connectivity index (χ0n) is 15.7. The summed E-state index contributed by atoms with van der Waals surface area (Å²) in [5, 5.41) is 3.40. The number of likely N-dealkylation sites (tertiary alicyclic amines) is 1. The summed E-state index contributed by atoms with van der Waals surface area (Å²) >= 11 is 0. The average Bonchev–Trinajstić information content (AvgIpc) is 2.64. The van der Waals surface area contributed by atoms with Gasteiger partial charge in [0, 0.05) is 32.7 Å². The maximum Gasteiger partial charge on any atom is 0.260 e. The SMILES string of the molecule is COc1cc(CNCCN(C)C)ccc1OCC(=O)N1CCCCC1. The van der Waals surface area contributed by atoms with Crippen LogP contribution in [-0.4, -0.2) is 69.7 Å². The first-order valence-corrected chi connectivity index (χ1v) is 9.03. The molecule has 0 saturated carbocycles. The van der Waals surface area contributed by atoms with E-state index in [1.54, 1.807) is 7.11 Å². The number of hydrogen-bond acceptors (Lipinski definition) is 5. The monoisotopic (exact) mass is 349 g/mol. The minimum Gasteiger partial charge on any atom is -0.493 e. The number of carbonyl (C=O) groups excluding carboxylic acids is 1. The fraction of sp³-hybridized carbons (Fsp3) is 0.632. The first-order chi connectivity index (χ1) is 12.1. The van der Waals surface area contributed by atoms with Gasteiger partial charge in [0.2, 0.25) is 0 Å². The van der Waals surface area contributed by atoms with E-state index >= 15 is 0 Å². The van der Waals surface area contributed by atoms with Crippen LogP contribution in [0.1, 0.15) is 24.8 Å². The van der Waals surface area contributed by atoms with Crippen LogP contribution in [0.4, 0.5) is 0 Å². The number of nitrogens with one attached hydrogen (secondary N) is 1. The number of benzene rings is 1. The van der Waals surface area contributed by atoms with Crippen LogP contribution in [0, 0.1) is 0 Å². The van der Waals surface area contributed by atoms with E-state index < -0.39 is 0 Å². The number of hydrogen-bond donors (Lipinski definition) is 1. The Balaban J connectivity index is 1.84. The van der Waals surface area contributed by atoms with Crippen molar-refractivity contribution in [1.29, 1.82) is 0 Å². The summed E-state index contributed by atoms with van der Waals surface area (Å²) in [7, 11) is 5.74. The first kappa shape index (κ1) is 19.5. The van der Waals surface area contributed by atoms with Gasteiger partial charge in [-0.3, -0.25) is 4.79 Å². The lowest BCUT2D eigenvalue weighted by Gasteiger charge is -2.26. The second-order valence-corrected chi connectivity index (χ2v) is 6.70. The molecule has 1 aromatic rings. The van der Waals surface area contributed by atoms with E-state index in [1.165, 1.54) is 6.42 Å². The Bertz CT molecular complexity index is 543. The van der Waals surface area contributed by atoms with Crippen molar-refractivity contribution in [1.82, 2.24) is 15.1 Å². The molecule has 1 saturated heterocycles. The Morgan fingerprint density at radius 3 is 2.64 bits per heavy atom. The molecule has 2 rings (SSSR count). The van der Waals surface area contributed by atoms with Gasteiger partial charge < -0.3 is 24.6 Å². The molecule has 1 aliphatic heterocycles. The molecule has 0 bridgehead atoms. The van der Waals surface area contributed by atoms with Crippen molar-refractivity contribution in [3.8, 4) is 11.5 Å². The summed E-state index contributed by atoms with van der Waals surface area (Å²) in [6.45, 7) is 4.45. The summed E-state index contributed by atoms with van der Waals surface area (Å²) in [6, 6.07) is 5.85. The number of piperidine rings is 1. The fourth-order valence-corrected chi connectivity index (χ4v) is 2.85. The molecule has 0 aromatic heterocycles. The molecule has 25 heavy (non-hydrogen) atoms. The van der Waals surface area contributed by atoms with Gasteiger partial charge in [0.15, 0.2) is 18.1 Å². The van der Waals surface area contributed by atoms with Gasteiger partial charge in [-0.05, 0) is 51.1 Å². The lowest BCUT2D eigenvalue weighted by Crippen LogP contribution is -2.38. The number of nitrogens with zero attached hydrogens (tertiary/aromatic N) is 2. The molecular weight excluding hydrogens is 318 g/mol. The molecular formula is C19H31N3O3. The van der Waals surface area contributed by atoms with Crippen LogP contribution in [-0.2, 0) is 11.3 Å². The number of likely N-dealkylation sites (N-methyl/N-ethyl adjacent to an activating group) is 1. The summed E-state index contributed by atoms with van der Waals surface area (Å²) < 4.78 is 11.1. The second-order valence-electron chi connectivity index (χ2n) is 6.70. The minimum atomic E-state index is 0.0520. The normalized spacial score (nSPS) is 14.6. The third-order valence-corrected chi connectivity index (χ3v) is 4.35. The van der Waals surface area contributed by atoms with Crippen molar-refractivity contribution >= 4 is 5.91 Å². The Kier molecular flexibility index (Phi) is 8.01. The van der Waals surface area contributed by atoms with E-state index in [9.17, 15) is 4.79 Å². The number of rotatable bonds is 9. The summed E-state index contributed by atoms with van der Waals surface area (Å²) in [5.41, 5.74) is 1.13. The smallest absolute Gasteiger partial charge is 0.260 e. The molecule has 1 amide bonds. The first-order valence-electron chi connectivity index (χ1n) is 9.03. The van der Waals surface area contributed by atoms with Crippen LogP contribution in [0.25, 0.3) is 0 Å². The third kappa shape index (κ3) is 6.55. The van der Waals surface area contributed by atoms with Crippen molar-refractivity contribution in [3.63, 3.8) is 0 Å². The standard InChI is InChI=1S/C19H31N3O3/c1-21(2)12-9-20-14-16-7-8-17(18(13-16)24-3)25-15-19(23)22-10-5-4-6-11-22/h7-8,13,20H,4-6,9-12,14-15H2,1-3H3. The van der Waals surface area contributed by atoms with E-state index in [4.69, 9.17) is 9.47 Å². The molecule has 140 valence electrons. The maximum absolute atomic E-state index is 12.2. The largest absolute Gasteiger partial charge is 0.493 e. The molecule has 0 unspecified atom stereocenters. The van der Waals surface area contributed by atoms with Crippen molar-refractivity contribution in [3.05, 3.63) is 23.8 Å². The van der Waals surface area contributed by atoms with E-state index in [0.29, 0.717) is 11.5 Å². The zero-order chi connectivity index (χ0) is 18.1. The molecule has 1 N–H and O–H groups in total. The fourth-order valence-electron chi connectivity index (χ4n) is 2.85. The van der Waals surface area contributed by atoms with Crippen LogP contribution >= 0.6 is 0 Å². The van der Waals surface area contributed by atoms with E-state index in [1.807, 2.05) is 23.1 Å². The van der Waals surface area contributed by atoms with Crippen LogP contribution in [0.5, 0.6) is 11.5 Å². The van der Waals surface area contributed by atoms with E-state index in [-0.39, 0.29) is 12.5 Å². The van der Waals surface area contributed by atoms with Gasteiger partial charge in [-0.25, -0.2) is 0 Å². The Labute approximate surface area is 151 Å². The van der Waals surface area contributed by atoms with Crippen LogP contribution in [0.2, 0.25) is 0 Å². The van der Waals surface area contributed by atoms with Crippen molar-refractivity contribution in [2.45, 2.75) is 25.8 Å². The lowest BCUT2D eigenvalue weighted by atomic mass is 10.1. The molecule has 1 aromatic carbocycles. The minimum absolute atomic E-state index is 0.0520. The molecule has 0 radical (unpaired) electrons. The summed E-state index contributed by atoms with van der Waals surface area (Å²) in [6.07, 6.45) is 3.39. The quantitative estimate of drug-likeness (QED) is 0.688. The topological polar surface area (TPSA) is 54.0 Å². The summed E-state index contributed by atoms with van der Waals surface area (Å²) in [5.74, 6) is 1.33. The van der Waals surface area contributed by atoms with Gasteiger partial charge in [0.05, 0.1) is 7.11 Å². The molecule has 0 atom stereocenters. The van der Waals surface area contributed by atoms with Crippen molar-refractivity contribution in [2.24, 2.45) is 0 Å². The Morgan fingerprint density at radius 2 is 1.96 bits per heavy atom. The molecule has 0 aliphatic carbocycles. The van der Waals surface area contributed by atoms with Gasteiger partial charge in [-0.15, -0.1) is 0 Å². The number of ether oxygens (including phenoxy) is 2. The van der Waals surface area contributed by atoms with Crippen LogP contribution in [0.15, 0.2) is 18.2 Å². The highest BCUT2D eigenvalue weighted by molar-refractivity contribution is 5.78. The molecule has 0 spiro atoms. The van der Waals surface area contributed by atoms with E-state index in [2.05, 4.69) is 24.3 Å². The van der Waals surface area contributed by atoms with Crippen LogP contribution in [0.3, 0.4) is 0 Å². The lowest BCUT2D eigenvalue weighted by molar-refractivity contribution is -0.134. The predicted molar refractivity (Wildman–Crippen MR) is 99.2 cm³/mol. The molecule has 1 aliphatic rings. The average molecular weight is 349 g/mol. The molecule has 1 heterocycles. The molecule has 6 heteroatoms. The predicted octanol–water partition coefficient (Wildman–Crippen LogP) is 1.74. The second kappa shape index (κ2) is 10.3. The van der Waals surface area contributed by atoms with Crippen molar-refractivity contribution in [2.75, 3.05) is 54.0 Å². The third-order valence-electron chi connectivity index (χ3n) is 4.35. The van der Waals surface area contributed by atoms with Gasteiger partial charge in [0.1, 0.15) is 0 Å². The number of methoxy groups -OCH3 is 1.